The monoisotopic (exact) mass is 545 g/mol. The molecule has 0 amide bonds. The van der Waals surface area contributed by atoms with Crippen molar-refractivity contribution in [1.29, 1.82) is 0 Å². The van der Waals surface area contributed by atoms with E-state index >= 15 is 0 Å². The predicted molar refractivity (Wildman–Crippen MR) is 141 cm³/mol. The number of aliphatic hydroxyl groups is 1. The van der Waals surface area contributed by atoms with E-state index in [1.165, 1.54) is 23.3 Å². The SMILES string of the molecule is O=[S@](=NCC1CC1)(NC[C@@H](O)CN1c2ccccc2CCc2ccccc21)c1ccc(OC(F)(F)F)cc1. The Labute approximate surface area is 220 Å². The number of hydrogen-bond donors (Lipinski definition) is 2. The number of anilines is 2. The van der Waals surface area contributed by atoms with Gasteiger partial charge in [-0.2, -0.15) is 0 Å². The fraction of sp³-hybridized carbons (Fsp3) is 0.357. The summed E-state index contributed by atoms with van der Waals surface area (Å²) in [5.41, 5.74) is 4.42. The maximum Gasteiger partial charge on any atom is 0.573 e. The third-order valence-corrected chi connectivity index (χ3v) is 8.71. The number of nitrogens with one attached hydrogen (secondary N) is 1. The predicted octanol–water partition coefficient (Wildman–Crippen LogP) is 5.62. The normalized spacial score (nSPS) is 17.5. The number of alkyl halides is 3. The van der Waals surface area contributed by atoms with Gasteiger partial charge in [0.2, 0.25) is 0 Å². The van der Waals surface area contributed by atoms with E-state index < -0.39 is 28.1 Å². The Balaban J connectivity index is 1.35. The summed E-state index contributed by atoms with van der Waals surface area (Å²) in [6, 6.07) is 21.1. The fourth-order valence-corrected chi connectivity index (χ4v) is 6.34. The van der Waals surface area contributed by atoms with Crippen molar-refractivity contribution >= 4 is 21.3 Å². The van der Waals surface area contributed by atoms with Crippen LogP contribution in [-0.2, 0) is 22.8 Å². The molecule has 1 aliphatic carbocycles. The molecule has 1 heterocycles. The van der Waals surface area contributed by atoms with Gasteiger partial charge in [-0.05, 0) is 79.1 Å². The Morgan fingerprint density at radius 2 is 1.55 bits per heavy atom. The molecule has 10 heteroatoms. The van der Waals surface area contributed by atoms with Crippen LogP contribution < -0.4 is 14.4 Å². The van der Waals surface area contributed by atoms with Crippen molar-refractivity contribution in [1.82, 2.24) is 4.72 Å². The molecule has 0 saturated heterocycles. The molecule has 0 aromatic heterocycles. The summed E-state index contributed by atoms with van der Waals surface area (Å²) in [5.74, 6) is -0.0378. The summed E-state index contributed by atoms with van der Waals surface area (Å²) in [5, 5.41) is 11.1. The van der Waals surface area contributed by atoms with Crippen LogP contribution >= 0.6 is 0 Å². The summed E-state index contributed by atoms with van der Waals surface area (Å²) in [6.45, 7) is 0.627. The van der Waals surface area contributed by atoms with Gasteiger partial charge in [0, 0.05) is 17.9 Å². The van der Waals surface area contributed by atoms with Gasteiger partial charge in [-0.15, -0.1) is 13.2 Å². The molecule has 2 N–H and O–H groups in total. The second-order valence-corrected chi connectivity index (χ2v) is 11.7. The van der Waals surface area contributed by atoms with Crippen molar-refractivity contribution < 1.29 is 27.2 Å². The Morgan fingerprint density at radius 3 is 2.11 bits per heavy atom. The van der Waals surface area contributed by atoms with E-state index in [-0.39, 0.29) is 18.0 Å². The maximum absolute atomic E-state index is 13.9. The number of halogens is 3. The number of β-amino-alcohol motifs (C(OH)–C–C–N with tert-alkyl or cyclic N) is 1. The number of hydrogen-bond acceptors (Lipinski definition) is 5. The molecular weight excluding hydrogens is 515 g/mol. The third kappa shape index (κ3) is 6.48. The van der Waals surface area contributed by atoms with Gasteiger partial charge in [0.1, 0.15) is 15.7 Å². The van der Waals surface area contributed by atoms with Crippen LogP contribution in [0.2, 0.25) is 0 Å². The molecule has 2 atom stereocenters. The molecule has 0 bridgehead atoms. The molecule has 3 aromatic carbocycles. The molecule has 0 unspecified atom stereocenters. The van der Waals surface area contributed by atoms with Gasteiger partial charge in [0.15, 0.2) is 0 Å². The average Bonchev–Trinajstić information content (AvgIpc) is 3.74. The van der Waals surface area contributed by atoms with E-state index in [4.69, 9.17) is 0 Å². The van der Waals surface area contributed by atoms with E-state index in [0.29, 0.717) is 12.5 Å². The van der Waals surface area contributed by atoms with E-state index in [0.717, 1.165) is 49.2 Å². The summed E-state index contributed by atoms with van der Waals surface area (Å²) in [6.07, 6.45) is -1.92. The maximum atomic E-state index is 13.9. The Hall–Kier alpha value is -3.08. The van der Waals surface area contributed by atoms with Crippen molar-refractivity contribution in [2.24, 2.45) is 10.3 Å². The van der Waals surface area contributed by atoms with Gasteiger partial charge in [0.25, 0.3) is 0 Å². The third-order valence-electron chi connectivity index (χ3n) is 6.72. The Bertz CT molecular complexity index is 1340. The van der Waals surface area contributed by atoms with Crippen LogP contribution in [0.25, 0.3) is 0 Å². The summed E-state index contributed by atoms with van der Waals surface area (Å²) >= 11 is 0. The minimum Gasteiger partial charge on any atom is -0.406 e. The molecule has 38 heavy (non-hydrogen) atoms. The molecule has 0 spiro atoms. The largest absolute Gasteiger partial charge is 0.573 e. The van der Waals surface area contributed by atoms with E-state index in [1.54, 1.807) is 0 Å². The number of para-hydroxylation sites is 2. The first kappa shape index (κ1) is 26.5. The molecule has 2 aliphatic rings. The van der Waals surface area contributed by atoms with Gasteiger partial charge in [-0.25, -0.2) is 13.3 Å². The molecule has 202 valence electrons. The van der Waals surface area contributed by atoms with Crippen LogP contribution in [0, 0.1) is 5.92 Å². The number of rotatable bonds is 9. The van der Waals surface area contributed by atoms with Crippen molar-refractivity contribution in [3.05, 3.63) is 83.9 Å². The number of ether oxygens (including phenoxy) is 1. The zero-order chi connectivity index (χ0) is 26.8. The van der Waals surface area contributed by atoms with Crippen LogP contribution in [0.4, 0.5) is 24.5 Å². The first-order valence-corrected chi connectivity index (χ1v) is 14.2. The molecule has 3 aromatic rings. The lowest BCUT2D eigenvalue weighted by Crippen LogP contribution is -2.39. The summed E-state index contributed by atoms with van der Waals surface area (Å²) in [7, 11) is -3.19. The highest BCUT2D eigenvalue weighted by Gasteiger charge is 2.31. The molecule has 0 radical (unpaired) electrons. The second-order valence-electron chi connectivity index (χ2n) is 9.67. The van der Waals surface area contributed by atoms with Gasteiger partial charge in [0.05, 0.1) is 24.1 Å². The zero-order valence-corrected chi connectivity index (χ0v) is 21.5. The molecule has 1 fully saturated rings. The number of aliphatic hydroxyl groups excluding tert-OH is 1. The van der Waals surface area contributed by atoms with Crippen molar-refractivity contribution in [2.45, 2.75) is 43.0 Å². The molecular formula is C28H30F3N3O3S. The van der Waals surface area contributed by atoms with Gasteiger partial charge in [-0.1, -0.05) is 36.4 Å². The molecule has 1 aliphatic heterocycles. The summed E-state index contributed by atoms with van der Waals surface area (Å²) in [4.78, 5) is 2.33. The Kier molecular flexibility index (Phi) is 7.65. The van der Waals surface area contributed by atoms with Crippen molar-refractivity contribution in [3.63, 3.8) is 0 Å². The smallest absolute Gasteiger partial charge is 0.406 e. The lowest BCUT2D eigenvalue weighted by Gasteiger charge is -2.29. The highest BCUT2D eigenvalue weighted by molar-refractivity contribution is 7.91. The number of aryl methyl sites for hydroxylation is 2. The van der Waals surface area contributed by atoms with E-state index in [1.807, 2.05) is 36.4 Å². The average molecular weight is 546 g/mol. The summed E-state index contributed by atoms with van der Waals surface area (Å²) < 4.78 is 62.9. The molecule has 6 nitrogen and oxygen atoms in total. The van der Waals surface area contributed by atoms with Gasteiger partial charge >= 0.3 is 6.36 Å². The van der Waals surface area contributed by atoms with Crippen molar-refractivity contribution in [2.75, 3.05) is 24.5 Å². The zero-order valence-electron chi connectivity index (χ0n) is 20.7. The van der Waals surface area contributed by atoms with Crippen LogP contribution in [0.5, 0.6) is 5.75 Å². The minimum atomic E-state index is -4.81. The quantitative estimate of drug-likeness (QED) is 0.366. The highest BCUT2D eigenvalue weighted by Crippen LogP contribution is 2.36. The standard InChI is InChI=1S/C28H30F3N3O3S/c29-28(30,31)37-24-13-15-25(16-14-24)38(36,32-17-20-9-10-20)33-18-23(35)19-34-26-7-3-1-5-21(26)11-12-22-6-2-4-8-27(22)34/h1-8,13-16,20,23,35H,9-12,17-19H2,(H,32,33,36)/t23-,38-/m1/s1. The van der Waals surface area contributed by atoms with Crippen LogP contribution in [-0.4, -0.2) is 41.4 Å². The first-order valence-electron chi connectivity index (χ1n) is 12.6. The lowest BCUT2D eigenvalue weighted by atomic mass is 10.0. The van der Waals surface area contributed by atoms with E-state index in [2.05, 4.69) is 30.9 Å². The lowest BCUT2D eigenvalue weighted by molar-refractivity contribution is -0.274. The first-order chi connectivity index (χ1) is 18.2. The highest BCUT2D eigenvalue weighted by atomic mass is 32.2. The number of nitrogens with zero attached hydrogens (tertiary/aromatic N) is 2. The van der Waals surface area contributed by atoms with Crippen LogP contribution in [0.15, 0.2) is 82.1 Å². The fourth-order valence-electron chi connectivity index (χ4n) is 4.59. The van der Waals surface area contributed by atoms with Crippen molar-refractivity contribution in [3.8, 4) is 5.75 Å². The topological polar surface area (TPSA) is 74.2 Å². The Morgan fingerprint density at radius 1 is 0.974 bits per heavy atom. The number of fused-ring (bicyclic) bond motifs is 2. The number of benzene rings is 3. The van der Waals surface area contributed by atoms with Crippen LogP contribution in [0.3, 0.4) is 0 Å². The van der Waals surface area contributed by atoms with Gasteiger partial charge in [-0.3, -0.25) is 0 Å². The van der Waals surface area contributed by atoms with Gasteiger partial charge < -0.3 is 14.7 Å². The van der Waals surface area contributed by atoms with E-state index in [9.17, 15) is 22.5 Å². The second kappa shape index (κ2) is 11.0. The van der Waals surface area contributed by atoms with Crippen LogP contribution in [0.1, 0.15) is 24.0 Å². The molecule has 1 saturated carbocycles. The molecule has 5 rings (SSSR count). The minimum absolute atomic E-state index is 0.0192.